The molecule has 0 aliphatic carbocycles. The number of nitrogens with zero attached hydrogens (tertiary/aromatic N) is 2. The van der Waals surface area contributed by atoms with Gasteiger partial charge in [-0.3, -0.25) is 0 Å². The molecule has 1 atom stereocenters. The molecule has 27 heavy (non-hydrogen) atoms. The van der Waals surface area contributed by atoms with E-state index in [0.29, 0.717) is 12.5 Å². The van der Waals surface area contributed by atoms with Crippen molar-refractivity contribution in [3.8, 4) is 0 Å². The zero-order valence-corrected chi connectivity index (χ0v) is 19.2. The summed E-state index contributed by atoms with van der Waals surface area (Å²) in [5, 5.41) is 6.67. The Hall–Kier alpha value is -1.06. The maximum absolute atomic E-state index is 5.73. The van der Waals surface area contributed by atoms with Gasteiger partial charge >= 0.3 is 0 Å². The van der Waals surface area contributed by atoms with E-state index >= 15 is 0 Å². The summed E-state index contributed by atoms with van der Waals surface area (Å²) in [4.78, 5) is 6.76. The number of halogens is 1. The fraction of sp³-hybridized carbons (Fsp3) is 0.650. The average Bonchev–Trinajstić information content (AvgIpc) is 3.16. The number of rotatable bonds is 10. The number of guanidine groups is 1. The third-order valence-electron chi connectivity index (χ3n) is 4.35. The monoisotopic (exact) mass is 490 g/mol. The molecule has 2 N–H and O–H groups in total. The van der Waals surface area contributed by atoms with E-state index in [1.165, 1.54) is 11.3 Å². The van der Waals surface area contributed by atoms with Crippen LogP contribution in [0.25, 0.3) is 0 Å². The molecule has 0 bridgehead atoms. The highest BCUT2D eigenvalue weighted by atomic mass is 127. The van der Waals surface area contributed by atoms with Gasteiger partial charge in [0.1, 0.15) is 0 Å². The highest BCUT2D eigenvalue weighted by molar-refractivity contribution is 14.0. The van der Waals surface area contributed by atoms with Crippen LogP contribution in [0.1, 0.15) is 25.3 Å². The zero-order chi connectivity index (χ0) is 18.6. The van der Waals surface area contributed by atoms with Crippen molar-refractivity contribution >= 4 is 35.6 Å². The maximum atomic E-state index is 5.73. The van der Waals surface area contributed by atoms with Gasteiger partial charge in [0, 0.05) is 52.0 Å². The molecule has 1 aromatic carbocycles. The molecule has 0 aromatic heterocycles. The normalized spacial score (nSPS) is 16.7. The fourth-order valence-corrected chi connectivity index (χ4v) is 2.76. The Kier molecular flexibility index (Phi) is 12.4. The van der Waals surface area contributed by atoms with Crippen LogP contribution in [0.3, 0.4) is 0 Å². The number of hydrogen-bond donors (Lipinski definition) is 2. The van der Waals surface area contributed by atoms with E-state index in [4.69, 9.17) is 9.47 Å². The second kappa shape index (κ2) is 14.0. The molecule has 1 aliphatic heterocycles. The fourth-order valence-electron chi connectivity index (χ4n) is 2.76. The van der Waals surface area contributed by atoms with Crippen LogP contribution >= 0.6 is 24.0 Å². The summed E-state index contributed by atoms with van der Waals surface area (Å²) >= 11 is 0. The zero-order valence-electron chi connectivity index (χ0n) is 16.9. The van der Waals surface area contributed by atoms with Crippen molar-refractivity contribution in [1.29, 1.82) is 0 Å². The summed E-state index contributed by atoms with van der Waals surface area (Å²) in [6, 6.07) is 8.50. The van der Waals surface area contributed by atoms with Crippen LogP contribution in [-0.2, 0) is 16.0 Å². The standard InChI is InChI=1S/C20H34N4O2.HI/c1-4-21-20(22-11-5-12-25-15-18-10-13-26-16-18)23-14-17-6-8-19(9-7-17)24(2)3;/h6-9,18H,4-5,10-16H2,1-3H3,(H2,21,22,23);1H. The SMILES string of the molecule is CCNC(=NCc1ccc(N(C)C)cc1)NCCCOCC1CCOC1.I. The smallest absolute Gasteiger partial charge is 0.191 e. The molecular weight excluding hydrogens is 455 g/mol. The minimum atomic E-state index is 0. The number of nitrogens with one attached hydrogen (secondary N) is 2. The van der Waals surface area contributed by atoms with Gasteiger partial charge in [0.2, 0.25) is 0 Å². The Balaban J connectivity index is 0.00000364. The van der Waals surface area contributed by atoms with Crippen molar-refractivity contribution in [3.63, 3.8) is 0 Å². The van der Waals surface area contributed by atoms with Gasteiger partial charge in [-0.1, -0.05) is 12.1 Å². The number of benzene rings is 1. The quantitative estimate of drug-likeness (QED) is 0.229. The summed E-state index contributed by atoms with van der Waals surface area (Å²) in [7, 11) is 4.09. The van der Waals surface area contributed by atoms with Crippen molar-refractivity contribution in [3.05, 3.63) is 29.8 Å². The van der Waals surface area contributed by atoms with Gasteiger partial charge in [0.05, 0.1) is 19.8 Å². The van der Waals surface area contributed by atoms with Crippen molar-refractivity contribution in [1.82, 2.24) is 10.6 Å². The number of ether oxygens (including phenoxy) is 2. The van der Waals surface area contributed by atoms with Crippen LogP contribution < -0.4 is 15.5 Å². The van der Waals surface area contributed by atoms with Gasteiger partial charge in [-0.2, -0.15) is 0 Å². The summed E-state index contributed by atoms with van der Waals surface area (Å²) < 4.78 is 11.1. The summed E-state index contributed by atoms with van der Waals surface area (Å²) in [5.41, 5.74) is 2.40. The molecule has 7 heteroatoms. The summed E-state index contributed by atoms with van der Waals surface area (Å²) in [5.74, 6) is 1.44. The second-order valence-electron chi connectivity index (χ2n) is 6.84. The molecule has 0 radical (unpaired) electrons. The van der Waals surface area contributed by atoms with E-state index in [2.05, 4.69) is 51.7 Å². The molecule has 0 spiro atoms. The van der Waals surface area contributed by atoms with Crippen molar-refractivity contribution in [2.24, 2.45) is 10.9 Å². The lowest BCUT2D eigenvalue weighted by Gasteiger charge is -2.13. The Bertz CT molecular complexity index is 531. The largest absolute Gasteiger partial charge is 0.381 e. The summed E-state index contributed by atoms with van der Waals surface area (Å²) in [6.45, 7) is 7.78. The summed E-state index contributed by atoms with van der Waals surface area (Å²) in [6.07, 6.45) is 2.10. The molecule has 1 fully saturated rings. The lowest BCUT2D eigenvalue weighted by molar-refractivity contribution is 0.0888. The first-order chi connectivity index (χ1) is 12.7. The lowest BCUT2D eigenvalue weighted by atomic mass is 10.1. The molecule has 1 aliphatic rings. The van der Waals surface area contributed by atoms with E-state index in [0.717, 1.165) is 58.3 Å². The van der Waals surface area contributed by atoms with E-state index in [9.17, 15) is 0 Å². The lowest BCUT2D eigenvalue weighted by Crippen LogP contribution is -2.38. The third kappa shape index (κ3) is 9.62. The van der Waals surface area contributed by atoms with Crippen molar-refractivity contribution < 1.29 is 9.47 Å². The Morgan fingerprint density at radius 1 is 1.26 bits per heavy atom. The number of aliphatic imine (C=N–C) groups is 1. The van der Waals surface area contributed by atoms with Gasteiger partial charge < -0.3 is 25.0 Å². The van der Waals surface area contributed by atoms with Gasteiger partial charge in [0.15, 0.2) is 5.96 Å². The average molecular weight is 490 g/mol. The van der Waals surface area contributed by atoms with Crippen LogP contribution in [-0.4, -0.2) is 59.6 Å². The van der Waals surface area contributed by atoms with Crippen molar-refractivity contribution in [2.75, 3.05) is 58.5 Å². The molecule has 1 aromatic rings. The van der Waals surface area contributed by atoms with E-state index in [1.54, 1.807) is 0 Å². The van der Waals surface area contributed by atoms with E-state index < -0.39 is 0 Å². The molecule has 1 unspecified atom stereocenters. The maximum Gasteiger partial charge on any atom is 0.191 e. The van der Waals surface area contributed by atoms with Gasteiger partial charge in [-0.05, 0) is 37.5 Å². The Morgan fingerprint density at radius 2 is 2.04 bits per heavy atom. The molecule has 1 saturated heterocycles. The first-order valence-corrected chi connectivity index (χ1v) is 9.63. The molecule has 1 heterocycles. The molecule has 154 valence electrons. The van der Waals surface area contributed by atoms with Crippen LogP contribution in [0.4, 0.5) is 5.69 Å². The highest BCUT2D eigenvalue weighted by Crippen LogP contribution is 2.13. The molecule has 6 nitrogen and oxygen atoms in total. The Morgan fingerprint density at radius 3 is 2.67 bits per heavy atom. The van der Waals surface area contributed by atoms with Crippen LogP contribution in [0.5, 0.6) is 0 Å². The third-order valence-corrected chi connectivity index (χ3v) is 4.35. The van der Waals surface area contributed by atoms with Gasteiger partial charge in [-0.25, -0.2) is 4.99 Å². The predicted octanol–water partition coefficient (Wildman–Crippen LogP) is 2.87. The van der Waals surface area contributed by atoms with Crippen molar-refractivity contribution in [2.45, 2.75) is 26.3 Å². The van der Waals surface area contributed by atoms with Gasteiger partial charge in [0.25, 0.3) is 0 Å². The molecule has 0 saturated carbocycles. The minimum absolute atomic E-state index is 0. The molecule has 0 amide bonds. The van der Waals surface area contributed by atoms with Gasteiger partial charge in [-0.15, -0.1) is 24.0 Å². The number of hydrogen-bond acceptors (Lipinski definition) is 4. The minimum Gasteiger partial charge on any atom is -0.381 e. The first kappa shape index (κ1) is 24.0. The predicted molar refractivity (Wildman–Crippen MR) is 123 cm³/mol. The Labute approximate surface area is 181 Å². The molecule has 2 rings (SSSR count). The van der Waals surface area contributed by atoms with E-state index in [1.807, 2.05) is 14.1 Å². The molecular formula is C20H35IN4O2. The van der Waals surface area contributed by atoms with Crippen LogP contribution in [0, 0.1) is 5.92 Å². The second-order valence-corrected chi connectivity index (χ2v) is 6.84. The first-order valence-electron chi connectivity index (χ1n) is 9.63. The highest BCUT2D eigenvalue weighted by Gasteiger charge is 2.15. The van der Waals surface area contributed by atoms with Crippen LogP contribution in [0.15, 0.2) is 29.3 Å². The number of anilines is 1. The van der Waals surface area contributed by atoms with E-state index in [-0.39, 0.29) is 24.0 Å². The topological polar surface area (TPSA) is 58.1 Å². The van der Waals surface area contributed by atoms with Crippen LogP contribution in [0.2, 0.25) is 0 Å².